The third kappa shape index (κ3) is 3.47. The minimum absolute atomic E-state index is 0.0516. The Morgan fingerprint density at radius 3 is 2.53 bits per heavy atom. The first-order valence-electron chi connectivity index (χ1n) is 12.8. The number of ether oxygens (including phenoxy) is 1. The number of esters is 1. The quantitative estimate of drug-likeness (QED) is 0.431. The number of allylic oxidation sites excluding steroid dienone is 1. The van der Waals surface area contributed by atoms with Gasteiger partial charge in [0.05, 0.1) is 11.2 Å². The average molecular weight is 437 g/mol. The van der Waals surface area contributed by atoms with Crippen LogP contribution in [0.5, 0.6) is 0 Å². The van der Waals surface area contributed by atoms with Crippen molar-refractivity contribution >= 4 is 5.97 Å². The van der Waals surface area contributed by atoms with Crippen LogP contribution in [0.2, 0.25) is 0 Å². The Balaban J connectivity index is 1.34. The molecule has 0 heterocycles. The van der Waals surface area contributed by atoms with Crippen LogP contribution in [-0.2, 0) is 4.74 Å². The number of carbonyl (C=O) groups is 1. The zero-order valence-electron chi connectivity index (χ0n) is 20.3. The molecule has 0 saturated heterocycles. The molecule has 0 radical (unpaired) electrons. The van der Waals surface area contributed by atoms with Crippen LogP contribution in [0.15, 0.2) is 42.0 Å². The summed E-state index contributed by atoms with van der Waals surface area (Å²) < 4.78 is 6.02. The molecular formula is C29H40O3. The molecule has 8 unspecified atom stereocenters. The summed E-state index contributed by atoms with van der Waals surface area (Å²) in [5, 5.41) is 10.7. The molecule has 0 spiro atoms. The van der Waals surface area contributed by atoms with Crippen LogP contribution in [0.4, 0.5) is 0 Å². The largest absolute Gasteiger partial charge is 0.459 e. The molecule has 0 aromatic heterocycles. The smallest absolute Gasteiger partial charge is 0.338 e. The van der Waals surface area contributed by atoms with E-state index in [0.717, 1.165) is 43.9 Å². The molecule has 1 aromatic rings. The fourth-order valence-electron chi connectivity index (χ4n) is 8.51. The standard InChI is InChI=1S/C29H40O3/c1-19(32-26(30)20-8-6-5-7-9-20)23-12-13-24-22-11-10-21-18-27(2,31)16-17-28(21,3)25(22)14-15-29(23,24)4/h5-10,19,22-25,31H,11-18H2,1-4H3. The molecule has 0 aliphatic heterocycles. The molecule has 8 atom stereocenters. The Hall–Kier alpha value is -1.61. The molecule has 174 valence electrons. The first kappa shape index (κ1) is 22.2. The molecule has 1 aromatic carbocycles. The summed E-state index contributed by atoms with van der Waals surface area (Å²) >= 11 is 0. The van der Waals surface area contributed by atoms with Gasteiger partial charge in [-0.05, 0) is 106 Å². The SMILES string of the molecule is CC(OC(=O)c1ccccc1)C1CCC2C3CC=C4CC(C)(O)CCC4(C)C3CCC12C. The van der Waals surface area contributed by atoms with Crippen LogP contribution < -0.4 is 0 Å². The highest BCUT2D eigenvalue weighted by atomic mass is 16.5. The topological polar surface area (TPSA) is 46.5 Å². The predicted octanol–water partition coefficient (Wildman–Crippen LogP) is 6.56. The van der Waals surface area contributed by atoms with Gasteiger partial charge < -0.3 is 9.84 Å². The summed E-state index contributed by atoms with van der Waals surface area (Å²) in [5.41, 5.74) is 2.15. The van der Waals surface area contributed by atoms with E-state index in [0.29, 0.717) is 17.4 Å². The van der Waals surface area contributed by atoms with Crippen LogP contribution in [0, 0.1) is 34.5 Å². The summed E-state index contributed by atoms with van der Waals surface area (Å²) in [5.74, 6) is 2.42. The molecular weight excluding hydrogens is 396 g/mol. The summed E-state index contributed by atoms with van der Waals surface area (Å²) in [6.07, 6.45) is 11.4. The van der Waals surface area contributed by atoms with Gasteiger partial charge in [0.1, 0.15) is 6.10 Å². The van der Waals surface area contributed by atoms with E-state index >= 15 is 0 Å². The number of fused-ring (bicyclic) bond motifs is 5. The Bertz CT molecular complexity index is 902. The van der Waals surface area contributed by atoms with Crippen molar-refractivity contribution in [3.8, 4) is 0 Å². The van der Waals surface area contributed by atoms with Crippen molar-refractivity contribution in [2.75, 3.05) is 0 Å². The molecule has 0 amide bonds. The molecule has 4 aliphatic rings. The molecule has 1 N–H and O–H groups in total. The van der Waals surface area contributed by atoms with Crippen molar-refractivity contribution in [3.63, 3.8) is 0 Å². The average Bonchev–Trinajstić information content (AvgIpc) is 3.12. The lowest BCUT2D eigenvalue weighted by Gasteiger charge is -2.59. The minimum atomic E-state index is -0.530. The predicted molar refractivity (Wildman–Crippen MR) is 127 cm³/mol. The molecule has 32 heavy (non-hydrogen) atoms. The van der Waals surface area contributed by atoms with E-state index in [1.807, 2.05) is 37.3 Å². The van der Waals surface area contributed by atoms with E-state index in [4.69, 9.17) is 4.74 Å². The van der Waals surface area contributed by atoms with Gasteiger partial charge in [0, 0.05) is 5.92 Å². The van der Waals surface area contributed by atoms with Gasteiger partial charge in [-0.2, -0.15) is 0 Å². The summed E-state index contributed by atoms with van der Waals surface area (Å²) in [4.78, 5) is 12.7. The zero-order chi connectivity index (χ0) is 22.7. The van der Waals surface area contributed by atoms with Gasteiger partial charge in [-0.1, -0.05) is 43.7 Å². The highest BCUT2D eigenvalue weighted by molar-refractivity contribution is 5.89. The van der Waals surface area contributed by atoms with Gasteiger partial charge in [-0.3, -0.25) is 0 Å². The maximum Gasteiger partial charge on any atom is 0.338 e. The summed E-state index contributed by atoms with van der Waals surface area (Å²) in [6, 6.07) is 9.40. The minimum Gasteiger partial charge on any atom is -0.459 e. The number of hydrogen-bond acceptors (Lipinski definition) is 3. The first-order valence-corrected chi connectivity index (χ1v) is 12.8. The Labute approximate surface area is 193 Å². The highest BCUT2D eigenvalue weighted by Crippen LogP contribution is 2.67. The first-order chi connectivity index (χ1) is 15.1. The number of benzene rings is 1. The van der Waals surface area contributed by atoms with Gasteiger partial charge in [-0.25, -0.2) is 4.79 Å². The molecule has 3 nitrogen and oxygen atoms in total. The van der Waals surface area contributed by atoms with Crippen LogP contribution in [0.1, 0.15) is 89.4 Å². The van der Waals surface area contributed by atoms with Crippen molar-refractivity contribution in [2.45, 2.75) is 90.8 Å². The van der Waals surface area contributed by atoms with Crippen LogP contribution in [0.25, 0.3) is 0 Å². The van der Waals surface area contributed by atoms with Crippen molar-refractivity contribution in [1.29, 1.82) is 0 Å². The van der Waals surface area contributed by atoms with Gasteiger partial charge in [0.2, 0.25) is 0 Å². The summed E-state index contributed by atoms with van der Waals surface area (Å²) in [7, 11) is 0. The monoisotopic (exact) mass is 436 g/mol. The fraction of sp³-hybridized carbons (Fsp3) is 0.690. The normalized spacial score (nSPS) is 44.0. The maximum atomic E-state index is 12.7. The maximum absolute atomic E-state index is 12.7. The molecule has 0 bridgehead atoms. The molecule has 3 saturated carbocycles. The third-order valence-corrected chi connectivity index (χ3v) is 10.3. The number of hydrogen-bond donors (Lipinski definition) is 1. The van der Waals surface area contributed by atoms with Gasteiger partial charge in [0.25, 0.3) is 0 Å². The lowest BCUT2D eigenvalue weighted by molar-refractivity contribution is -0.0804. The number of carbonyl (C=O) groups excluding carboxylic acids is 1. The Morgan fingerprint density at radius 2 is 1.78 bits per heavy atom. The van der Waals surface area contributed by atoms with E-state index in [9.17, 15) is 9.90 Å². The van der Waals surface area contributed by atoms with E-state index < -0.39 is 5.60 Å². The second-order valence-corrected chi connectivity index (χ2v) is 12.1. The Morgan fingerprint density at radius 1 is 1.03 bits per heavy atom. The van der Waals surface area contributed by atoms with E-state index in [1.165, 1.54) is 24.8 Å². The molecule has 4 aliphatic carbocycles. The van der Waals surface area contributed by atoms with Crippen molar-refractivity contribution in [3.05, 3.63) is 47.5 Å². The molecule has 3 heteroatoms. The van der Waals surface area contributed by atoms with Crippen molar-refractivity contribution in [1.82, 2.24) is 0 Å². The molecule has 5 rings (SSSR count). The van der Waals surface area contributed by atoms with Gasteiger partial charge in [-0.15, -0.1) is 0 Å². The zero-order valence-corrected chi connectivity index (χ0v) is 20.3. The fourth-order valence-corrected chi connectivity index (χ4v) is 8.51. The van der Waals surface area contributed by atoms with Crippen molar-refractivity contribution < 1.29 is 14.6 Å². The highest BCUT2D eigenvalue weighted by Gasteiger charge is 2.60. The van der Waals surface area contributed by atoms with Gasteiger partial charge in [0.15, 0.2) is 0 Å². The third-order valence-electron chi connectivity index (χ3n) is 10.3. The van der Waals surface area contributed by atoms with E-state index in [-0.39, 0.29) is 22.9 Å². The van der Waals surface area contributed by atoms with Crippen LogP contribution >= 0.6 is 0 Å². The summed E-state index contributed by atoms with van der Waals surface area (Å²) in [6.45, 7) is 9.11. The van der Waals surface area contributed by atoms with Crippen LogP contribution in [0.3, 0.4) is 0 Å². The van der Waals surface area contributed by atoms with Crippen LogP contribution in [-0.4, -0.2) is 22.8 Å². The van der Waals surface area contributed by atoms with E-state index in [2.05, 4.69) is 26.8 Å². The van der Waals surface area contributed by atoms with Gasteiger partial charge >= 0.3 is 5.97 Å². The lowest BCUT2D eigenvalue weighted by atomic mass is 9.46. The number of rotatable bonds is 3. The second-order valence-electron chi connectivity index (χ2n) is 12.1. The van der Waals surface area contributed by atoms with Crippen molar-refractivity contribution in [2.24, 2.45) is 34.5 Å². The lowest BCUT2D eigenvalue weighted by Crippen LogP contribution is -2.52. The second kappa shape index (κ2) is 7.72. The Kier molecular flexibility index (Phi) is 5.36. The van der Waals surface area contributed by atoms with E-state index in [1.54, 1.807) is 0 Å². The number of aliphatic hydroxyl groups is 1. The molecule has 3 fully saturated rings.